The second-order valence-electron chi connectivity index (χ2n) is 4.73. The van der Waals surface area contributed by atoms with Gasteiger partial charge >= 0.3 is 0 Å². The Bertz CT molecular complexity index is 667. The second-order valence-corrected chi connectivity index (χ2v) is 4.73. The first-order valence-corrected chi connectivity index (χ1v) is 6.91. The third kappa shape index (κ3) is 3.75. The first kappa shape index (κ1) is 14.9. The van der Waals surface area contributed by atoms with Crippen molar-refractivity contribution in [2.24, 2.45) is 0 Å². The van der Waals surface area contributed by atoms with Crippen molar-refractivity contribution in [3.05, 3.63) is 58.3 Å². The van der Waals surface area contributed by atoms with Crippen LogP contribution in [0.1, 0.15) is 42.5 Å². The summed E-state index contributed by atoms with van der Waals surface area (Å²) in [7, 11) is 0. The number of carbonyl (C=O) groups is 1. The maximum atomic E-state index is 12.2. The molecule has 1 N–H and O–H groups in total. The highest BCUT2D eigenvalue weighted by atomic mass is 16.2. The standard InChI is InChI=1S/C15H18N4O2/c1-3-10-19-14(20)8-7-13(18-19)15(21)17-11(2)12-6-4-5-9-16-12/h4-9,11H,3,10H2,1-2H3,(H,17,21)/t11-/m1/s1. The highest BCUT2D eigenvalue weighted by Crippen LogP contribution is 2.08. The molecule has 0 radical (unpaired) electrons. The van der Waals surface area contributed by atoms with Crippen molar-refractivity contribution in [2.75, 3.05) is 0 Å². The van der Waals surface area contributed by atoms with E-state index in [0.717, 1.165) is 12.1 Å². The summed E-state index contributed by atoms with van der Waals surface area (Å²) >= 11 is 0. The summed E-state index contributed by atoms with van der Waals surface area (Å²) in [6.45, 7) is 4.29. The molecule has 0 unspecified atom stereocenters. The van der Waals surface area contributed by atoms with Crippen molar-refractivity contribution in [1.82, 2.24) is 20.1 Å². The van der Waals surface area contributed by atoms with Crippen LogP contribution in [0.3, 0.4) is 0 Å². The van der Waals surface area contributed by atoms with Crippen molar-refractivity contribution in [3.8, 4) is 0 Å². The highest BCUT2D eigenvalue weighted by molar-refractivity contribution is 5.92. The van der Waals surface area contributed by atoms with Crippen LogP contribution in [-0.4, -0.2) is 20.7 Å². The molecule has 6 nitrogen and oxygen atoms in total. The monoisotopic (exact) mass is 286 g/mol. The average molecular weight is 286 g/mol. The van der Waals surface area contributed by atoms with Gasteiger partial charge in [-0.15, -0.1) is 0 Å². The third-order valence-electron chi connectivity index (χ3n) is 3.01. The minimum Gasteiger partial charge on any atom is -0.343 e. The Balaban J connectivity index is 2.13. The van der Waals surface area contributed by atoms with Gasteiger partial charge in [0.1, 0.15) is 5.69 Å². The smallest absolute Gasteiger partial charge is 0.272 e. The molecule has 2 aromatic heterocycles. The SMILES string of the molecule is CCCn1nc(C(=O)N[C@H](C)c2ccccn2)ccc1=O. The van der Waals surface area contributed by atoms with Crippen LogP contribution in [-0.2, 0) is 6.54 Å². The van der Waals surface area contributed by atoms with Gasteiger partial charge in [0.15, 0.2) is 0 Å². The lowest BCUT2D eigenvalue weighted by Crippen LogP contribution is -2.31. The number of hydrogen-bond donors (Lipinski definition) is 1. The molecule has 0 fully saturated rings. The van der Waals surface area contributed by atoms with E-state index in [1.54, 1.807) is 6.20 Å². The topological polar surface area (TPSA) is 76.9 Å². The van der Waals surface area contributed by atoms with Gasteiger partial charge in [-0.2, -0.15) is 5.10 Å². The van der Waals surface area contributed by atoms with Gasteiger partial charge in [0.05, 0.1) is 11.7 Å². The summed E-state index contributed by atoms with van der Waals surface area (Å²) in [6.07, 6.45) is 2.46. The molecule has 0 bridgehead atoms. The van der Waals surface area contributed by atoms with E-state index in [2.05, 4.69) is 15.4 Å². The van der Waals surface area contributed by atoms with E-state index in [4.69, 9.17) is 0 Å². The number of amides is 1. The first-order chi connectivity index (χ1) is 10.1. The average Bonchev–Trinajstić information content (AvgIpc) is 2.50. The summed E-state index contributed by atoms with van der Waals surface area (Å²) in [6, 6.07) is 8.10. The second kappa shape index (κ2) is 6.78. The molecule has 0 aliphatic rings. The fraction of sp³-hybridized carbons (Fsp3) is 0.333. The van der Waals surface area contributed by atoms with Crippen molar-refractivity contribution in [1.29, 1.82) is 0 Å². The maximum absolute atomic E-state index is 12.2. The molecule has 2 heterocycles. The Kier molecular flexibility index (Phi) is 4.81. The quantitative estimate of drug-likeness (QED) is 0.904. The molecular weight excluding hydrogens is 268 g/mol. The zero-order valence-electron chi connectivity index (χ0n) is 12.1. The molecule has 6 heteroatoms. The molecule has 0 spiro atoms. The number of pyridine rings is 1. The van der Waals surface area contributed by atoms with E-state index >= 15 is 0 Å². The zero-order valence-corrected chi connectivity index (χ0v) is 12.1. The van der Waals surface area contributed by atoms with Crippen LogP contribution in [0.15, 0.2) is 41.3 Å². The van der Waals surface area contributed by atoms with Crippen molar-refractivity contribution in [2.45, 2.75) is 32.9 Å². The van der Waals surface area contributed by atoms with Crippen molar-refractivity contribution < 1.29 is 4.79 Å². The number of nitrogens with one attached hydrogen (secondary N) is 1. The maximum Gasteiger partial charge on any atom is 0.272 e. The molecule has 0 saturated heterocycles. The number of hydrogen-bond acceptors (Lipinski definition) is 4. The fourth-order valence-electron chi connectivity index (χ4n) is 1.92. The molecule has 110 valence electrons. The number of carbonyl (C=O) groups excluding carboxylic acids is 1. The van der Waals surface area contributed by atoms with Gasteiger partial charge in [-0.1, -0.05) is 13.0 Å². The first-order valence-electron chi connectivity index (χ1n) is 6.91. The van der Waals surface area contributed by atoms with Crippen LogP contribution < -0.4 is 10.9 Å². The third-order valence-corrected chi connectivity index (χ3v) is 3.01. The summed E-state index contributed by atoms with van der Waals surface area (Å²) in [4.78, 5) is 28.0. The van der Waals surface area contributed by atoms with Crippen molar-refractivity contribution in [3.63, 3.8) is 0 Å². The predicted octanol–water partition coefficient (Wildman–Crippen LogP) is 1.54. The van der Waals surface area contributed by atoms with E-state index in [1.165, 1.54) is 16.8 Å². The van der Waals surface area contributed by atoms with Crippen LogP contribution >= 0.6 is 0 Å². The van der Waals surface area contributed by atoms with E-state index < -0.39 is 0 Å². The van der Waals surface area contributed by atoms with Crippen LogP contribution in [0.4, 0.5) is 0 Å². The number of aromatic nitrogens is 3. The van der Waals surface area contributed by atoms with Gasteiger partial charge in [0.25, 0.3) is 11.5 Å². The molecule has 0 aromatic carbocycles. The van der Waals surface area contributed by atoms with E-state index in [9.17, 15) is 9.59 Å². The Morgan fingerprint density at radius 3 is 2.81 bits per heavy atom. The summed E-state index contributed by atoms with van der Waals surface area (Å²) in [5.41, 5.74) is 0.796. The van der Waals surface area contributed by atoms with Crippen molar-refractivity contribution >= 4 is 5.91 Å². The number of aryl methyl sites for hydroxylation is 1. The van der Waals surface area contributed by atoms with Gasteiger partial charge in [-0.25, -0.2) is 4.68 Å². The van der Waals surface area contributed by atoms with E-state index in [0.29, 0.717) is 6.54 Å². The molecule has 1 atom stereocenters. The Morgan fingerprint density at radius 2 is 2.14 bits per heavy atom. The zero-order chi connectivity index (χ0) is 15.2. The molecular formula is C15H18N4O2. The molecule has 1 amide bonds. The molecule has 0 aliphatic carbocycles. The normalized spacial score (nSPS) is 11.9. The van der Waals surface area contributed by atoms with Gasteiger partial charge in [0.2, 0.25) is 0 Å². The minimum atomic E-state index is -0.321. The van der Waals surface area contributed by atoms with Crippen LogP contribution in [0.5, 0.6) is 0 Å². The van der Waals surface area contributed by atoms with Gasteiger partial charge in [-0.05, 0) is 31.5 Å². The van der Waals surface area contributed by atoms with Crippen LogP contribution in [0, 0.1) is 0 Å². The molecule has 21 heavy (non-hydrogen) atoms. The highest BCUT2D eigenvalue weighted by Gasteiger charge is 2.14. The van der Waals surface area contributed by atoms with Crippen LogP contribution in [0.25, 0.3) is 0 Å². The largest absolute Gasteiger partial charge is 0.343 e. The van der Waals surface area contributed by atoms with Gasteiger partial charge < -0.3 is 5.32 Å². The lowest BCUT2D eigenvalue weighted by Gasteiger charge is -2.13. The Hall–Kier alpha value is -2.50. The Morgan fingerprint density at radius 1 is 1.33 bits per heavy atom. The molecule has 2 rings (SSSR count). The van der Waals surface area contributed by atoms with E-state index in [-0.39, 0.29) is 23.2 Å². The molecule has 0 saturated carbocycles. The number of nitrogens with zero attached hydrogens (tertiary/aromatic N) is 3. The molecule has 0 aliphatic heterocycles. The summed E-state index contributed by atoms with van der Waals surface area (Å²) in [5.74, 6) is -0.321. The predicted molar refractivity (Wildman–Crippen MR) is 78.9 cm³/mol. The van der Waals surface area contributed by atoms with Gasteiger partial charge in [0, 0.05) is 18.8 Å². The fourth-order valence-corrected chi connectivity index (χ4v) is 1.92. The van der Waals surface area contributed by atoms with E-state index in [1.807, 2.05) is 32.0 Å². The van der Waals surface area contributed by atoms with Crippen LogP contribution in [0.2, 0.25) is 0 Å². The Labute approximate surface area is 122 Å². The summed E-state index contributed by atoms with van der Waals surface area (Å²) < 4.78 is 1.31. The lowest BCUT2D eigenvalue weighted by molar-refractivity contribution is 0.0931. The minimum absolute atomic E-state index is 0.203. The lowest BCUT2D eigenvalue weighted by atomic mass is 10.2. The van der Waals surface area contributed by atoms with Gasteiger partial charge in [-0.3, -0.25) is 14.6 Å². The summed E-state index contributed by atoms with van der Waals surface area (Å²) in [5, 5.41) is 6.90. The number of rotatable bonds is 5. The molecule has 2 aromatic rings.